The Bertz CT molecular complexity index is 1300. The van der Waals surface area contributed by atoms with Crippen molar-refractivity contribution in [3.05, 3.63) is 109 Å². The van der Waals surface area contributed by atoms with E-state index in [0.717, 1.165) is 44.9 Å². The third-order valence-electron chi connectivity index (χ3n) is 7.72. The highest BCUT2D eigenvalue weighted by Gasteiger charge is 2.25. The summed E-state index contributed by atoms with van der Waals surface area (Å²) in [7, 11) is -4.43. The van der Waals surface area contributed by atoms with Crippen molar-refractivity contribution in [3.8, 4) is 0 Å². The quantitative estimate of drug-likeness (QED) is 0.0183. The zero-order valence-corrected chi connectivity index (χ0v) is 35.1. The number of esters is 2. The minimum Gasteiger partial charge on any atom is -0.462 e. The Hall–Kier alpha value is -3.37. The highest BCUT2D eigenvalue weighted by atomic mass is 31.2. The molecule has 0 aliphatic rings. The number of phosphoric acid groups is 1. The Kier molecular flexibility index (Phi) is 37.5. The Morgan fingerprint density at radius 2 is 1.18 bits per heavy atom. The summed E-state index contributed by atoms with van der Waals surface area (Å²) in [5.74, 6) is -1.04. The van der Waals surface area contributed by atoms with Crippen LogP contribution in [0.1, 0.15) is 123 Å². The largest absolute Gasteiger partial charge is 0.472 e. The lowest BCUT2D eigenvalue weighted by Gasteiger charge is -2.19. The number of carbonyl (C=O) groups is 2. The molecule has 0 saturated heterocycles. The molecule has 0 aromatic heterocycles. The molecule has 2 unspecified atom stereocenters. The molecule has 0 fully saturated rings. The average molecular weight is 802 g/mol. The lowest BCUT2D eigenvalue weighted by atomic mass is 10.2. The van der Waals surface area contributed by atoms with E-state index in [9.17, 15) is 24.2 Å². The van der Waals surface area contributed by atoms with Crippen LogP contribution in [0.2, 0.25) is 0 Å². The Morgan fingerprint density at radius 3 is 1.77 bits per heavy atom. The lowest BCUT2D eigenvalue weighted by molar-refractivity contribution is -0.161. The number of aliphatic hydroxyl groups excluding tert-OH is 1. The Labute approximate surface area is 338 Å². The van der Waals surface area contributed by atoms with E-state index >= 15 is 0 Å². The van der Waals surface area contributed by atoms with E-state index in [4.69, 9.17) is 24.3 Å². The Morgan fingerprint density at radius 1 is 0.643 bits per heavy atom. The molecule has 0 aliphatic heterocycles. The normalized spacial score (nSPS) is 15.0. The maximum atomic E-state index is 12.5. The first kappa shape index (κ1) is 52.6. The number of aliphatic hydroxyl groups is 1. The predicted octanol–water partition coefficient (Wildman–Crippen LogP) is 10.6. The smallest absolute Gasteiger partial charge is 0.462 e. The molecule has 0 aliphatic carbocycles. The molecule has 11 heteroatoms. The van der Waals surface area contributed by atoms with Gasteiger partial charge < -0.3 is 25.2 Å². The molecular weight excluding hydrogens is 729 g/mol. The van der Waals surface area contributed by atoms with Crippen molar-refractivity contribution >= 4 is 19.8 Å². The fourth-order valence-electron chi connectivity index (χ4n) is 4.68. The number of carbonyl (C=O) groups excluding carboxylic acids is 2. The summed E-state index contributed by atoms with van der Waals surface area (Å²) in [6.45, 7) is 3.31. The molecule has 0 rings (SSSR count). The second kappa shape index (κ2) is 39.8. The molecule has 0 radical (unpaired) electrons. The number of hydrogen-bond donors (Lipinski definition) is 3. The van der Waals surface area contributed by atoms with Crippen LogP contribution in [0.4, 0.5) is 0 Å². The van der Waals surface area contributed by atoms with Crippen LogP contribution in [-0.2, 0) is 32.7 Å². The van der Waals surface area contributed by atoms with Gasteiger partial charge in [-0.2, -0.15) is 0 Å². The van der Waals surface area contributed by atoms with Gasteiger partial charge in [0, 0.05) is 19.4 Å². The minimum absolute atomic E-state index is 0.0183. The monoisotopic (exact) mass is 801 g/mol. The molecule has 0 bridgehead atoms. The number of ether oxygens (including phenoxy) is 2. The van der Waals surface area contributed by atoms with Crippen LogP contribution >= 0.6 is 7.82 Å². The summed E-state index contributed by atoms with van der Waals surface area (Å²) in [4.78, 5) is 34.8. The van der Waals surface area contributed by atoms with E-state index in [1.165, 1.54) is 19.3 Å². The summed E-state index contributed by atoms with van der Waals surface area (Å²) in [5.41, 5.74) is 5.33. The summed E-state index contributed by atoms with van der Waals surface area (Å²) < 4.78 is 32.5. The molecule has 0 heterocycles. The number of nitrogens with two attached hydrogens (primary N) is 1. The summed E-state index contributed by atoms with van der Waals surface area (Å²) in [6.07, 6.45) is 48.7. The first-order valence-electron chi connectivity index (χ1n) is 20.5. The van der Waals surface area contributed by atoms with Crippen molar-refractivity contribution in [2.24, 2.45) is 5.73 Å². The van der Waals surface area contributed by atoms with Crippen molar-refractivity contribution in [3.63, 3.8) is 0 Å². The van der Waals surface area contributed by atoms with Crippen LogP contribution < -0.4 is 5.73 Å². The van der Waals surface area contributed by atoms with Gasteiger partial charge in [0.1, 0.15) is 6.61 Å². The molecule has 0 spiro atoms. The van der Waals surface area contributed by atoms with Gasteiger partial charge in [-0.1, -0.05) is 136 Å². The predicted molar refractivity (Wildman–Crippen MR) is 230 cm³/mol. The molecule has 0 aromatic carbocycles. The fourth-order valence-corrected chi connectivity index (χ4v) is 5.45. The first-order valence-corrected chi connectivity index (χ1v) is 22.0. The van der Waals surface area contributed by atoms with Crippen LogP contribution in [0.5, 0.6) is 0 Å². The molecule has 3 atom stereocenters. The zero-order valence-electron chi connectivity index (χ0n) is 34.2. The highest BCUT2D eigenvalue weighted by molar-refractivity contribution is 7.47. The van der Waals surface area contributed by atoms with Crippen molar-refractivity contribution in [2.75, 3.05) is 26.4 Å². The summed E-state index contributed by atoms with van der Waals surface area (Å²) in [5, 5.41) is 10.1. The van der Waals surface area contributed by atoms with Gasteiger partial charge in [0.2, 0.25) is 0 Å². The molecule has 4 N–H and O–H groups in total. The summed E-state index contributed by atoms with van der Waals surface area (Å²) >= 11 is 0. The van der Waals surface area contributed by atoms with Crippen LogP contribution in [-0.4, -0.2) is 60.5 Å². The second-order valence-corrected chi connectivity index (χ2v) is 14.4. The van der Waals surface area contributed by atoms with Gasteiger partial charge in [-0.05, 0) is 83.5 Å². The number of phosphoric ester groups is 1. The van der Waals surface area contributed by atoms with Crippen LogP contribution in [0, 0.1) is 0 Å². The minimum atomic E-state index is -4.43. The number of hydrogen-bond acceptors (Lipinski definition) is 9. The van der Waals surface area contributed by atoms with Gasteiger partial charge >= 0.3 is 19.8 Å². The molecule has 0 amide bonds. The molecule has 0 saturated carbocycles. The number of rotatable bonds is 36. The van der Waals surface area contributed by atoms with Gasteiger partial charge in [-0.3, -0.25) is 18.6 Å². The van der Waals surface area contributed by atoms with Gasteiger partial charge in [0.05, 0.1) is 19.3 Å². The topological polar surface area (TPSA) is 155 Å². The van der Waals surface area contributed by atoms with Gasteiger partial charge in [0.15, 0.2) is 6.10 Å². The zero-order chi connectivity index (χ0) is 41.2. The van der Waals surface area contributed by atoms with Crippen molar-refractivity contribution < 1.29 is 42.7 Å². The van der Waals surface area contributed by atoms with Crippen molar-refractivity contribution in [1.29, 1.82) is 0 Å². The third kappa shape index (κ3) is 38.9. The maximum absolute atomic E-state index is 12.5. The molecule has 316 valence electrons. The van der Waals surface area contributed by atoms with Gasteiger partial charge in [0.25, 0.3) is 0 Å². The van der Waals surface area contributed by atoms with Crippen LogP contribution in [0.15, 0.2) is 109 Å². The first-order chi connectivity index (χ1) is 27.2. The van der Waals surface area contributed by atoms with E-state index in [0.29, 0.717) is 32.1 Å². The molecule has 56 heavy (non-hydrogen) atoms. The Balaban J connectivity index is 4.50. The third-order valence-corrected chi connectivity index (χ3v) is 8.71. The van der Waals surface area contributed by atoms with Crippen LogP contribution in [0.25, 0.3) is 0 Å². The SMILES string of the molecule is CC/C=C\C/C=C\C/C=C\C/C=C\C/C=C\CCCC(=O)O[C@H](COC(=O)CCC/C=C/C=C\C(O)C/C=C\C/C=C\CCCCC)COP(=O)(O)OCCN. The van der Waals surface area contributed by atoms with Crippen LogP contribution in [0.3, 0.4) is 0 Å². The van der Waals surface area contributed by atoms with E-state index in [2.05, 4.69) is 80.7 Å². The second-order valence-electron chi connectivity index (χ2n) is 13.0. The molecular formula is C45H72NO9P. The van der Waals surface area contributed by atoms with E-state index in [1.807, 2.05) is 30.4 Å². The number of allylic oxidation sites excluding steroid dienone is 16. The summed E-state index contributed by atoms with van der Waals surface area (Å²) in [6, 6.07) is 0. The van der Waals surface area contributed by atoms with Crippen molar-refractivity contribution in [2.45, 2.75) is 135 Å². The van der Waals surface area contributed by atoms with E-state index < -0.39 is 38.6 Å². The number of unbranched alkanes of at least 4 members (excludes halogenated alkanes) is 5. The highest BCUT2D eigenvalue weighted by Crippen LogP contribution is 2.43. The fraction of sp³-hybridized carbons (Fsp3) is 0.556. The maximum Gasteiger partial charge on any atom is 0.472 e. The standard InChI is InChI=1S/C45H72NO9P/c1-3-5-7-9-11-13-14-15-16-17-18-19-20-22-24-28-33-37-45(49)55-43(41-54-56(50,51)53-39-38-46)40-52-44(48)36-32-29-25-27-31-35-42(47)34-30-26-23-21-12-10-8-6-4-2/h5,7,11-13,15-16,18-19,21-22,24-27,30-31,35,42-43,47H,3-4,6,8-10,14,17,20,23,28-29,32-34,36-41,46H2,1-2H3,(H,50,51)/b7-5-,13-11-,16-15-,19-18-,21-12-,24-22-,27-25+,30-26-,35-31-/t42?,43-/m1/s1. The lowest BCUT2D eigenvalue weighted by Crippen LogP contribution is -2.29. The van der Waals surface area contributed by atoms with Gasteiger partial charge in [-0.15, -0.1) is 0 Å². The van der Waals surface area contributed by atoms with Gasteiger partial charge in [-0.25, -0.2) is 4.57 Å². The van der Waals surface area contributed by atoms with E-state index in [1.54, 1.807) is 12.2 Å². The van der Waals surface area contributed by atoms with E-state index in [-0.39, 0.29) is 32.6 Å². The van der Waals surface area contributed by atoms with Crippen molar-refractivity contribution in [1.82, 2.24) is 0 Å². The average Bonchev–Trinajstić information content (AvgIpc) is 3.18. The molecule has 0 aromatic rings. The molecule has 10 nitrogen and oxygen atoms in total.